The third-order valence-corrected chi connectivity index (χ3v) is 2.73. The molecule has 2 heterocycles. The maximum Gasteiger partial charge on any atom is 0.419 e. The van der Waals surface area contributed by atoms with Crippen LogP contribution >= 0.6 is 15.9 Å². The van der Waals surface area contributed by atoms with Crippen LogP contribution in [0.1, 0.15) is 5.56 Å². The molecule has 1 aliphatic heterocycles. The van der Waals surface area contributed by atoms with Crippen molar-refractivity contribution in [2.24, 2.45) is 0 Å². The normalized spacial score (nSPS) is 17.4. The third-order valence-electron chi connectivity index (χ3n) is 2.30. The lowest BCUT2D eigenvalue weighted by molar-refractivity contribution is -0.137. The van der Waals surface area contributed by atoms with Crippen LogP contribution in [0.2, 0.25) is 0 Å². The highest BCUT2D eigenvalue weighted by Gasteiger charge is 2.38. The number of pyridine rings is 1. The first-order chi connectivity index (χ1) is 7.38. The van der Waals surface area contributed by atoms with E-state index in [1.54, 1.807) is 0 Å². The SMILES string of the molecule is OC1CN(c2ncc(Br)cc2C(F)(F)F)C1. The van der Waals surface area contributed by atoms with Gasteiger partial charge in [-0.25, -0.2) is 4.98 Å². The quantitative estimate of drug-likeness (QED) is 0.862. The lowest BCUT2D eigenvalue weighted by Crippen LogP contribution is -2.51. The molecule has 0 bridgehead atoms. The first-order valence-electron chi connectivity index (χ1n) is 4.53. The Morgan fingerprint density at radius 3 is 2.56 bits per heavy atom. The van der Waals surface area contributed by atoms with Crippen LogP contribution in [0.25, 0.3) is 0 Å². The summed E-state index contributed by atoms with van der Waals surface area (Å²) in [5, 5.41) is 9.07. The minimum absolute atomic E-state index is 0.124. The summed E-state index contributed by atoms with van der Waals surface area (Å²) in [4.78, 5) is 5.15. The van der Waals surface area contributed by atoms with Gasteiger partial charge in [0.2, 0.25) is 0 Å². The fraction of sp³-hybridized carbons (Fsp3) is 0.444. The zero-order valence-electron chi connectivity index (χ0n) is 8.00. The van der Waals surface area contributed by atoms with Crippen molar-refractivity contribution in [2.45, 2.75) is 12.3 Å². The van der Waals surface area contributed by atoms with Crippen LogP contribution in [0.15, 0.2) is 16.7 Å². The molecule has 1 aromatic rings. The molecule has 0 aromatic carbocycles. The highest BCUT2D eigenvalue weighted by Crippen LogP contribution is 2.37. The monoisotopic (exact) mass is 296 g/mol. The maximum absolute atomic E-state index is 12.7. The van der Waals surface area contributed by atoms with Crippen molar-refractivity contribution in [2.75, 3.05) is 18.0 Å². The van der Waals surface area contributed by atoms with Crippen molar-refractivity contribution in [3.8, 4) is 0 Å². The van der Waals surface area contributed by atoms with Gasteiger partial charge < -0.3 is 10.0 Å². The van der Waals surface area contributed by atoms with E-state index in [1.807, 2.05) is 0 Å². The van der Waals surface area contributed by atoms with Crippen molar-refractivity contribution in [1.82, 2.24) is 4.98 Å². The van der Waals surface area contributed by atoms with Gasteiger partial charge in [0.25, 0.3) is 0 Å². The standard InChI is InChI=1S/C9H8BrF3N2O/c10-5-1-7(9(11,12)13)8(14-2-5)15-3-6(16)4-15/h1-2,6,16H,3-4H2. The van der Waals surface area contributed by atoms with Crippen LogP contribution in [0.5, 0.6) is 0 Å². The number of hydrogen-bond donors (Lipinski definition) is 1. The van der Waals surface area contributed by atoms with Gasteiger partial charge in [0.15, 0.2) is 0 Å². The number of halogens is 4. The number of aliphatic hydroxyl groups excluding tert-OH is 1. The van der Waals surface area contributed by atoms with E-state index in [1.165, 1.54) is 11.1 Å². The molecule has 1 saturated heterocycles. The van der Waals surface area contributed by atoms with Gasteiger partial charge in [-0.2, -0.15) is 13.2 Å². The second kappa shape index (κ2) is 3.89. The third kappa shape index (κ3) is 2.15. The smallest absolute Gasteiger partial charge is 0.389 e. The Kier molecular flexibility index (Phi) is 2.83. The van der Waals surface area contributed by atoms with E-state index in [2.05, 4.69) is 20.9 Å². The Morgan fingerprint density at radius 1 is 1.44 bits per heavy atom. The van der Waals surface area contributed by atoms with Crippen molar-refractivity contribution < 1.29 is 18.3 Å². The van der Waals surface area contributed by atoms with E-state index in [9.17, 15) is 13.2 Å². The lowest BCUT2D eigenvalue weighted by atomic mass is 10.1. The van der Waals surface area contributed by atoms with E-state index in [0.717, 1.165) is 6.07 Å². The molecule has 1 aliphatic rings. The summed E-state index contributed by atoms with van der Waals surface area (Å²) < 4.78 is 38.4. The molecular formula is C9H8BrF3N2O. The Bertz CT molecular complexity index is 404. The van der Waals surface area contributed by atoms with E-state index >= 15 is 0 Å². The van der Waals surface area contributed by atoms with Gasteiger partial charge in [0.1, 0.15) is 5.82 Å². The topological polar surface area (TPSA) is 36.4 Å². The lowest BCUT2D eigenvalue weighted by Gasteiger charge is -2.38. The van der Waals surface area contributed by atoms with E-state index in [0.29, 0.717) is 0 Å². The van der Waals surface area contributed by atoms with E-state index in [4.69, 9.17) is 5.11 Å². The fourth-order valence-electron chi connectivity index (χ4n) is 1.52. The number of aliphatic hydroxyl groups is 1. The Morgan fingerprint density at radius 2 is 2.06 bits per heavy atom. The summed E-state index contributed by atoms with van der Waals surface area (Å²) in [6, 6.07) is 0.993. The highest BCUT2D eigenvalue weighted by atomic mass is 79.9. The summed E-state index contributed by atoms with van der Waals surface area (Å²) in [6.07, 6.45) is -3.69. The Hall–Kier alpha value is -0.820. The van der Waals surface area contributed by atoms with Crippen LogP contribution in [-0.4, -0.2) is 29.3 Å². The zero-order valence-corrected chi connectivity index (χ0v) is 9.59. The Labute approximate surface area is 98.0 Å². The molecule has 1 N–H and O–H groups in total. The van der Waals surface area contributed by atoms with E-state index in [-0.39, 0.29) is 23.4 Å². The molecule has 0 radical (unpaired) electrons. The first-order valence-corrected chi connectivity index (χ1v) is 5.33. The molecule has 0 atom stereocenters. The molecule has 7 heteroatoms. The summed E-state index contributed by atoms with van der Waals surface area (Å²) in [6.45, 7) is 0.384. The molecule has 1 fully saturated rings. The molecule has 0 amide bonds. The summed E-state index contributed by atoms with van der Waals surface area (Å²) in [5.74, 6) is -0.124. The molecule has 0 saturated carbocycles. The average Bonchev–Trinajstić information content (AvgIpc) is 2.12. The van der Waals surface area contributed by atoms with Gasteiger partial charge in [-0.15, -0.1) is 0 Å². The number of alkyl halides is 3. The highest BCUT2D eigenvalue weighted by molar-refractivity contribution is 9.10. The molecule has 88 valence electrons. The largest absolute Gasteiger partial charge is 0.419 e. The number of rotatable bonds is 1. The number of β-amino-alcohol motifs (C(OH)–C–C–N with tert-alkyl or cyclic N) is 1. The zero-order chi connectivity index (χ0) is 11.9. The second-order valence-corrected chi connectivity index (χ2v) is 4.50. The van der Waals surface area contributed by atoms with Gasteiger partial charge in [0, 0.05) is 23.8 Å². The molecule has 2 rings (SSSR count). The summed E-state index contributed by atoms with van der Waals surface area (Å²) >= 11 is 2.96. The molecular weight excluding hydrogens is 289 g/mol. The number of aromatic nitrogens is 1. The van der Waals surface area contributed by atoms with Crippen molar-refractivity contribution in [3.63, 3.8) is 0 Å². The van der Waals surface area contributed by atoms with Gasteiger partial charge in [-0.3, -0.25) is 0 Å². The Balaban J connectivity index is 2.37. The summed E-state index contributed by atoms with van der Waals surface area (Å²) in [7, 11) is 0. The fourth-order valence-corrected chi connectivity index (χ4v) is 1.85. The minimum atomic E-state index is -4.44. The van der Waals surface area contributed by atoms with Gasteiger partial charge >= 0.3 is 6.18 Å². The van der Waals surface area contributed by atoms with Crippen molar-refractivity contribution in [1.29, 1.82) is 0 Å². The van der Waals surface area contributed by atoms with Crippen LogP contribution in [0.4, 0.5) is 19.0 Å². The number of nitrogens with zero attached hydrogens (tertiary/aromatic N) is 2. The van der Waals surface area contributed by atoms with Gasteiger partial charge in [0.05, 0.1) is 11.7 Å². The van der Waals surface area contributed by atoms with Crippen molar-refractivity contribution >= 4 is 21.7 Å². The predicted octanol–water partition coefficient (Wildman–Crippen LogP) is 2.04. The second-order valence-electron chi connectivity index (χ2n) is 3.58. The molecule has 16 heavy (non-hydrogen) atoms. The maximum atomic E-state index is 12.7. The van der Waals surface area contributed by atoms with Crippen LogP contribution in [0.3, 0.4) is 0 Å². The van der Waals surface area contributed by atoms with Crippen LogP contribution in [0, 0.1) is 0 Å². The van der Waals surface area contributed by atoms with Crippen LogP contribution in [-0.2, 0) is 6.18 Å². The number of hydrogen-bond acceptors (Lipinski definition) is 3. The molecule has 3 nitrogen and oxygen atoms in total. The van der Waals surface area contributed by atoms with E-state index < -0.39 is 17.8 Å². The summed E-state index contributed by atoms with van der Waals surface area (Å²) in [5.41, 5.74) is -0.784. The molecule has 1 aromatic heterocycles. The molecule has 0 aliphatic carbocycles. The predicted molar refractivity (Wildman–Crippen MR) is 55.2 cm³/mol. The molecule has 0 unspecified atom stereocenters. The van der Waals surface area contributed by atoms with Gasteiger partial charge in [-0.05, 0) is 22.0 Å². The average molecular weight is 297 g/mol. The number of anilines is 1. The first kappa shape index (κ1) is 11.7. The van der Waals surface area contributed by atoms with Crippen LogP contribution < -0.4 is 4.90 Å². The molecule has 0 spiro atoms. The van der Waals surface area contributed by atoms with Gasteiger partial charge in [-0.1, -0.05) is 0 Å². The minimum Gasteiger partial charge on any atom is -0.389 e. The van der Waals surface area contributed by atoms with Crippen molar-refractivity contribution in [3.05, 3.63) is 22.3 Å².